The fraction of sp³-hybridized carbons (Fsp3) is 0.231. The lowest BCUT2D eigenvalue weighted by Crippen LogP contribution is -1.89. The molecular weight excluding hydrogens is 156 g/mol. The Morgan fingerprint density at radius 1 is 1.15 bits per heavy atom. The lowest BCUT2D eigenvalue weighted by molar-refractivity contribution is 1.26. The number of hydrogen-bond acceptors (Lipinski definition) is 0. The average Bonchev–Trinajstić information content (AvgIpc) is 2.12. The number of aryl methyl sites for hydroxylation is 2. The first-order chi connectivity index (χ1) is 6.06. The van der Waals surface area contributed by atoms with E-state index in [4.69, 9.17) is 0 Å². The van der Waals surface area contributed by atoms with E-state index in [2.05, 4.69) is 46.1 Å². The molecule has 0 saturated heterocycles. The molecule has 0 radical (unpaired) electrons. The summed E-state index contributed by atoms with van der Waals surface area (Å²) >= 11 is 0. The standard InChI is InChI=1S/C13H16/c1-6-9(2)13-7-10(3)12(5)11(4)8-13/h6-8H,1-2H2,3-5H3. The Morgan fingerprint density at radius 3 is 2.00 bits per heavy atom. The predicted molar refractivity (Wildman–Crippen MR) is 59.9 cm³/mol. The van der Waals surface area contributed by atoms with Gasteiger partial charge in [0, 0.05) is 0 Å². The topological polar surface area (TPSA) is 0 Å². The SMILES string of the molecule is C=CC(=C)c1cc(C)c(C)c(C)c1. The number of rotatable bonds is 2. The van der Waals surface area contributed by atoms with Crippen LogP contribution < -0.4 is 0 Å². The van der Waals surface area contributed by atoms with Crippen LogP contribution in [0.3, 0.4) is 0 Å². The van der Waals surface area contributed by atoms with Crippen molar-refractivity contribution in [3.05, 3.63) is 53.6 Å². The van der Waals surface area contributed by atoms with Crippen LogP contribution in [0.25, 0.3) is 5.57 Å². The van der Waals surface area contributed by atoms with Crippen LogP contribution in [-0.2, 0) is 0 Å². The second kappa shape index (κ2) is 3.61. The maximum atomic E-state index is 3.94. The molecule has 0 aliphatic carbocycles. The average molecular weight is 172 g/mol. The first-order valence-electron chi connectivity index (χ1n) is 4.46. The largest absolute Gasteiger partial charge is 0.0985 e. The van der Waals surface area contributed by atoms with Crippen molar-refractivity contribution in [3.63, 3.8) is 0 Å². The fourth-order valence-electron chi connectivity index (χ4n) is 1.34. The Kier molecular flexibility index (Phi) is 2.72. The predicted octanol–water partition coefficient (Wildman–Crippen LogP) is 3.81. The molecule has 0 spiro atoms. The quantitative estimate of drug-likeness (QED) is 0.595. The Hall–Kier alpha value is -1.30. The summed E-state index contributed by atoms with van der Waals surface area (Å²) in [5, 5.41) is 0. The van der Waals surface area contributed by atoms with Gasteiger partial charge in [0.2, 0.25) is 0 Å². The van der Waals surface area contributed by atoms with Crippen molar-refractivity contribution in [2.24, 2.45) is 0 Å². The molecule has 1 aromatic carbocycles. The van der Waals surface area contributed by atoms with Crippen LogP contribution in [-0.4, -0.2) is 0 Å². The molecule has 68 valence electrons. The van der Waals surface area contributed by atoms with Gasteiger partial charge in [0.15, 0.2) is 0 Å². The molecular formula is C13H16. The third-order valence-electron chi connectivity index (χ3n) is 2.54. The van der Waals surface area contributed by atoms with Crippen molar-refractivity contribution < 1.29 is 0 Å². The van der Waals surface area contributed by atoms with Crippen LogP contribution >= 0.6 is 0 Å². The molecule has 0 atom stereocenters. The molecule has 0 aliphatic heterocycles. The zero-order valence-corrected chi connectivity index (χ0v) is 8.65. The van der Waals surface area contributed by atoms with Gasteiger partial charge in [-0.15, -0.1) is 0 Å². The van der Waals surface area contributed by atoms with E-state index in [9.17, 15) is 0 Å². The third kappa shape index (κ3) is 1.89. The van der Waals surface area contributed by atoms with Crippen molar-refractivity contribution in [2.45, 2.75) is 20.8 Å². The number of benzene rings is 1. The molecule has 0 fully saturated rings. The molecule has 0 amide bonds. The summed E-state index contributed by atoms with van der Waals surface area (Å²) in [6, 6.07) is 4.32. The Bertz CT molecular complexity index is 333. The van der Waals surface area contributed by atoms with Gasteiger partial charge < -0.3 is 0 Å². The maximum absolute atomic E-state index is 3.94. The van der Waals surface area contributed by atoms with E-state index in [1.807, 2.05) is 0 Å². The van der Waals surface area contributed by atoms with Gasteiger partial charge >= 0.3 is 0 Å². The van der Waals surface area contributed by atoms with Gasteiger partial charge in [-0.05, 0) is 48.6 Å². The van der Waals surface area contributed by atoms with E-state index < -0.39 is 0 Å². The van der Waals surface area contributed by atoms with E-state index in [-0.39, 0.29) is 0 Å². The molecule has 1 aromatic rings. The van der Waals surface area contributed by atoms with Crippen molar-refractivity contribution in [1.29, 1.82) is 0 Å². The van der Waals surface area contributed by atoms with E-state index >= 15 is 0 Å². The molecule has 0 heterocycles. The minimum absolute atomic E-state index is 0.992. The van der Waals surface area contributed by atoms with Crippen LogP contribution in [0.5, 0.6) is 0 Å². The smallest absolute Gasteiger partial charge is 0.0185 e. The van der Waals surface area contributed by atoms with Crippen molar-refractivity contribution >= 4 is 5.57 Å². The number of hydrogen-bond donors (Lipinski definition) is 0. The summed E-state index contributed by atoms with van der Waals surface area (Å²) in [7, 11) is 0. The van der Waals surface area contributed by atoms with Crippen LogP contribution in [0.1, 0.15) is 22.3 Å². The normalized spacial score (nSPS) is 9.77. The first-order valence-corrected chi connectivity index (χ1v) is 4.46. The summed E-state index contributed by atoms with van der Waals surface area (Å²) in [5.74, 6) is 0. The summed E-state index contributed by atoms with van der Waals surface area (Å²) in [6.07, 6.45) is 1.80. The lowest BCUT2D eigenvalue weighted by Gasteiger charge is -2.08. The minimum Gasteiger partial charge on any atom is -0.0985 e. The van der Waals surface area contributed by atoms with Crippen molar-refractivity contribution in [2.75, 3.05) is 0 Å². The summed E-state index contributed by atoms with van der Waals surface area (Å²) in [4.78, 5) is 0. The van der Waals surface area contributed by atoms with Gasteiger partial charge in [-0.1, -0.05) is 31.4 Å². The van der Waals surface area contributed by atoms with E-state index in [0.717, 1.165) is 5.57 Å². The maximum Gasteiger partial charge on any atom is -0.0185 e. The van der Waals surface area contributed by atoms with Gasteiger partial charge in [0.25, 0.3) is 0 Å². The van der Waals surface area contributed by atoms with E-state index in [1.54, 1.807) is 6.08 Å². The zero-order chi connectivity index (χ0) is 10.0. The summed E-state index contributed by atoms with van der Waals surface area (Å²) in [5.41, 5.74) is 6.17. The van der Waals surface area contributed by atoms with Crippen LogP contribution in [0.15, 0.2) is 31.4 Å². The summed E-state index contributed by atoms with van der Waals surface area (Å²) in [6.45, 7) is 14.1. The fourth-order valence-corrected chi connectivity index (χ4v) is 1.34. The van der Waals surface area contributed by atoms with E-state index in [0.29, 0.717) is 0 Å². The van der Waals surface area contributed by atoms with Crippen LogP contribution in [0.4, 0.5) is 0 Å². The highest BCUT2D eigenvalue weighted by atomic mass is 14.1. The highest BCUT2D eigenvalue weighted by molar-refractivity contribution is 5.72. The van der Waals surface area contributed by atoms with Gasteiger partial charge in [-0.25, -0.2) is 0 Å². The Balaban J connectivity index is 3.28. The van der Waals surface area contributed by atoms with Crippen molar-refractivity contribution in [1.82, 2.24) is 0 Å². The molecule has 0 saturated carbocycles. The summed E-state index contributed by atoms with van der Waals surface area (Å²) < 4.78 is 0. The second-order valence-corrected chi connectivity index (χ2v) is 3.46. The van der Waals surface area contributed by atoms with Gasteiger partial charge in [-0.3, -0.25) is 0 Å². The Labute approximate surface area is 80.6 Å². The first kappa shape index (κ1) is 9.79. The van der Waals surface area contributed by atoms with Crippen molar-refractivity contribution in [3.8, 4) is 0 Å². The monoisotopic (exact) mass is 172 g/mol. The molecule has 0 nitrogen and oxygen atoms in total. The van der Waals surface area contributed by atoms with Gasteiger partial charge in [-0.2, -0.15) is 0 Å². The molecule has 13 heavy (non-hydrogen) atoms. The molecule has 1 rings (SSSR count). The third-order valence-corrected chi connectivity index (χ3v) is 2.54. The van der Waals surface area contributed by atoms with Gasteiger partial charge in [0.1, 0.15) is 0 Å². The second-order valence-electron chi connectivity index (χ2n) is 3.46. The van der Waals surface area contributed by atoms with E-state index in [1.165, 1.54) is 22.3 Å². The molecule has 0 aliphatic rings. The van der Waals surface area contributed by atoms with Gasteiger partial charge in [0.05, 0.1) is 0 Å². The molecule has 0 bridgehead atoms. The Morgan fingerprint density at radius 2 is 1.62 bits per heavy atom. The highest BCUT2D eigenvalue weighted by Crippen LogP contribution is 2.20. The minimum atomic E-state index is 0.992. The molecule has 0 N–H and O–H groups in total. The molecule has 0 heteroatoms. The lowest BCUT2D eigenvalue weighted by atomic mass is 9.97. The number of allylic oxidation sites excluding steroid dienone is 2. The molecule has 0 aromatic heterocycles. The molecule has 0 unspecified atom stereocenters. The van der Waals surface area contributed by atoms with Crippen LogP contribution in [0, 0.1) is 20.8 Å². The van der Waals surface area contributed by atoms with Crippen LogP contribution in [0.2, 0.25) is 0 Å². The highest BCUT2D eigenvalue weighted by Gasteiger charge is 2.01. The zero-order valence-electron chi connectivity index (χ0n) is 8.65.